The van der Waals surface area contributed by atoms with Crippen LogP contribution >= 0.6 is 0 Å². The topological polar surface area (TPSA) is 46.5 Å². The smallest absolute Gasteiger partial charge is 0.334 e. The number of aliphatic hydroxyl groups is 1. The van der Waals surface area contributed by atoms with Crippen LogP contribution in [0.3, 0.4) is 0 Å². The number of carbonyl (C=O) groups excluding carboxylic acids is 1. The predicted molar refractivity (Wildman–Crippen MR) is 69.2 cm³/mol. The lowest BCUT2D eigenvalue weighted by Gasteiger charge is -2.34. The predicted octanol–water partition coefficient (Wildman–Crippen LogP) is 2.49. The molecule has 0 bridgehead atoms. The fourth-order valence-corrected chi connectivity index (χ4v) is 2.95. The van der Waals surface area contributed by atoms with Gasteiger partial charge in [-0.15, -0.1) is 0 Å². The number of hydrogen-bond acceptors (Lipinski definition) is 3. The SMILES string of the molecule is COC(=O)C(O)C1CCCCC1c1ccccc1. The highest BCUT2D eigenvalue weighted by molar-refractivity contribution is 5.74. The third-order valence-corrected chi connectivity index (χ3v) is 3.90. The van der Waals surface area contributed by atoms with Crippen molar-refractivity contribution in [3.8, 4) is 0 Å². The van der Waals surface area contributed by atoms with E-state index in [1.54, 1.807) is 0 Å². The van der Waals surface area contributed by atoms with Crippen molar-refractivity contribution in [1.29, 1.82) is 0 Å². The molecule has 1 aromatic rings. The largest absolute Gasteiger partial charge is 0.467 e. The second-order valence-electron chi connectivity index (χ2n) is 4.93. The maximum absolute atomic E-state index is 11.5. The van der Waals surface area contributed by atoms with Crippen molar-refractivity contribution >= 4 is 5.97 Å². The third kappa shape index (κ3) is 2.72. The number of ether oxygens (including phenoxy) is 1. The molecule has 0 aliphatic heterocycles. The maximum Gasteiger partial charge on any atom is 0.334 e. The Bertz CT molecular complexity index is 388. The molecule has 0 spiro atoms. The summed E-state index contributed by atoms with van der Waals surface area (Å²) in [7, 11) is 1.33. The number of rotatable bonds is 3. The van der Waals surface area contributed by atoms with Crippen LogP contribution in [0.25, 0.3) is 0 Å². The Hall–Kier alpha value is -1.35. The molecule has 1 saturated carbocycles. The molecule has 3 heteroatoms. The first-order valence-corrected chi connectivity index (χ1v) is 6.55. The summed E-state index contributed by atoms with van der Waals surface area (Å²) in [5.41, 5.74) is 1.21. The molecule has 0 radical (unpaired) electrons. The summed E-state index contributed by atoms with van der Waals surface area (Å²) in [6, 6.07) is 10.1. The van der Waals surface area contributed by atoms with Gasteiger partial charge in [0.2, 0.25) is 0 Å². The zero-order valence-corrected chi connectivity index (χ0v) is 10.7. The number of esters is 1. The molecule has 3 atom stereocenters. The molecular weight excluding hydrogens is 228 g/mol. The van der Waals surface area contributed by atoms with E-state index < -0.39 is 12.1 Å². The minimum Gasteiger partial charge on any atom is -0.467 e. The van der Waals surface area contributed by atoms with E-state index in [0.717, 1.165) is 25.7 Å². The summed E-state index contributed by atoms with van der Waals surface area (Å²) in [6.07, 6.45) is 3.14. The van der Waals surface area contributed by atoms with E-state index >= 15 is 0 Å². The van der Waals surface area contributed by atoms with Gasteiger partial charge < -0.3 is 9.84 Å². The van der Waals surface area contributed by atoms with E-state index in [1.165, 1.54) is 12.7 Å². The fraction of sp³-hybridized carbons (Fsp3) is 0.533. The van der Waals surface area contributed by atoms with Gasteiger partial charge in [-0.05, 0) is 24.3 Å². The summed E-state index contributed by atoms with van der Waals surface area (Å²) < 4.78 is 4.66. The Kier molecular flexibility index (Phi) is 4.37. The molecule has 0 heterocycles. The molecule has 0 amide bonds. The van der Waals surface area contributed by atoms with Crippen molar-refractivity contribution in [3.05, 3.63) is 35.9 Å². The molecule has 1 fully saturated rings. The van der Waals surface area contributed by atoms with Crippen LogP contribution in [0, 0.1) is 5.92 Å². The molecule has 3 nitrogen and oxygen atoms in total. The average molecular weight is 248 g/mol. The van der Waals surface area contributed by atoms with Crippen LogP contribution in [-0.4, -0.2) is 24.3 Å². The quantitative estimate of drug-likeness (QED) is 0.836. The Morgan fingerprint density at radius 3 is 2.61 bits per heavy atom. The highest BCUT2D eigenvalue weighted by atomic mass is 16.5. The van der Waals surface area contributed by atoms with Gasteiger partial charge in [-0.2, -0.15) is 0 Å². The molecular formula is C15H20O3. The zero-order chi connectivity index (χ0) is 13.0. The number of hydrogen-bond donors (Lipinski definition) is 1. The van der Waals surface area contributed by atoms with Crippen LogP contribution in [-0.2, 0) is 9.53 Å². The standard InChI is InChI=1S/C15H20O3/c1-18-15(17)14(16)13-10-6-5-9-12(13)11-7-3-2-4-8-11/h2-4,7-8,12-14,16H,5-6,9-10H2,1H3. The summed E-state index contributed by atoms with van der Waals surface area (Å²) >= 11 is 0. The van der Waals surface area contributed by atoms with E-state index in [4.69, 9.17) is 0 Å². The van der Waals surface area contributed by atoms with Crippen LogP contribution < -0.4 is 0 Å². The van der Waals surface area contributed by atoms with Crippen LogP contribution in [0.5, 0.6) is 0 Å². The number of benzene rings is 1. The summed E-state index contributed by atoms with van der Waals surface area (Å²) in [5.74, 6) is -0.273. The van der Waals surface area contributed by atoms with E-state index in [1.807, 2.05) is 18.2 Å². The van der Waals surface area contributed by atoms with Gasteiger partial charge in [0.1, 0.15) is 0 Å². The van der Waals surface area contributed by atoms with Gasteiger partial charge in [0.05, 0.1) is 7.11 Å². The van der Waals surface area contributed by atoms with Crippen molar-refractivity contribution in [3.63, 3.8) is 0 Å². The second-order valence-corrected chi connectivity index (χ2v) is 4.93. The third-order valence-electron chi connectivity index (χ3n) is 3.90. The fourth-order valence-electron chi connectivity index (χ4n) is 2.95. The molecule has 98 valence electrons. The molecule has 1 N–H and O–H groups in total. The first-order valence-electron chi connectivity index (χ1n) is 6.55. The second kappa shape index (κ2) is 6.01. The zero-order valence-electron chi connectivity index (χ0n) is 10.7. The first kappa shape index (κ1) is 13.1. The van der Waals surface area contributed by atoms with Crippen LogP contribution in [0.1, 0.15) is 37.2 Å². The van der Waals surface area contributed by atoms with Crippen LogP contribution in [0.4, 0.5) is 0 Å². The van der Waals surface area contributed by atoms with Crippen LogP contribution in [0.15, 0.2) is 30.3 Å². The molecule has 1 aromatic carbocycles. The first-order chi connectivity index (χ1) is 8.74. The summed E-state index contributed by atoms with van der Waals surface area (Å²) in [4.78, 5) is 11.5. The number of carbonyl (C=O) groups is 1. The monoisotopic (exact) mass is 248 g/mol. The van der Waals surface area contributed by atoms with Gasteiger partial charge in [0.25, 0.3) is 0 Å². The van der Waals surface area contributed by atoms with Gasteiger partial charge >= 0.3 is 5.97 Å². The lowest BCUT2D eigenvalue weighted by molar-refractivity contribution is -0.154. The van der Waals surface area contributed by atoms with E-state index in [2.05, 4.69) is 16.9 Å². The molecule has 0 saturated heterocycles. The summed E-state index contributed by atoms with van der Waals surface area (Å²) in [5, 5.41) is 10.1. The molecule has 2 rings (SSSR count). The lowest BCUT2D eigenvalue weighted by atomic mass is 9.73. The van der Waals surface area contributed by atoms with Gasteiger partial charge in [0, 0.05) is 5.92 Å². The normalized spacial score (nSPS) is 25.4. The minimum atomic E-state index is -1.000. The molecule has 1 aliphatic rings. The highest BCUT2D eigenvalue weighted by Crippen LogP contribution is 2.39. The van der Waals surface area contributed by atoms with Gasteiger partial charge in [-0.3, -0.25) is 0 Å². The highest BCUT2D eigenvalue weighted by Gasteiger charge is 2.35. The van der Waals surface area contributed by atoms with E-state index in [9.17, 15) is 9.90 Å². The molecule has 18 heavy (non-hydrogen) atoms. The summed E-state index contributed by atoms with van der Waals surface area (Å²) in [6.45, 7) is 0. The van der Waals surface area contributed by atoms with E-state index in [0.29, 0.717) is 0 Å². The van der Waals surface area contributed by atoms with Crippen molar-refractivity contribution < 1.29 is 14.6 Å². The van der Waals surface area contributed by atoms with Gasteiger partial charge in [-0.25, -0.2) is 4.79 Å². The van der Waals surface area contributed by atoms with Crippen molar-refractivity contribution in [2.45, 2.75) is 37.7 Å². The average Bonchev–Trinajstić information content (AvgIpc) is 2.46. The Balaban J connectivity index is 2.18. The van der Waals surface area contributed by atoms with Crippen molar-refractivity contribution in [2.24, 2.45) is 5.92 Å². The minimum absolute atomic E-state index is 0.0198. The molecule has 3 unspecified atom stereocenters. The van der Waals surface area contributed by atoms with E-state index in [-0.39, 0.29) is 11.8 Å². The van der Waals surface area contributed by atoms with Crippen molar-refractivity contribution in [2.75, 3.05) is 7.11 Å². The number of aliphatic hydroxyl groups excluding tert-OH is 1. The Labute approximate surface area is 108 Å². The molecule has 0 aromatic heterocycles. The Morgan fingerprint density at radius 2 is 1.94 bits per heavy atom. The van der Waals surface area contributed by atoms with Crippen LogP contribution in [0.2, 0.25) is 0 Å². The number of methoxy groups -OCH3 is 1. The maximum atomic E-state index is 11.5. The van der Waals surface area contributed by atoms with Crippen molar-refractivity contribution in [1.82, 2.24) is 0 Å². The van der Waals surface area contributed by atoms with Gasteiger partial charge in [0.15, 0.2) is 6.10 Å². The molecule has 1 aliphatic carbocycles. The Morgan fingerprint density at radius 1 is 1.28 bits per heavy atom. The van der Waals surface area contributed by atoms with Gasteiger partial charge in [-0.1, -0.05) is 43.2 Å². The lowest BCUT2D eigenvalue weighted by Crippen LogP contribution is -2.36.